The van der Waals surface area contributed by atoms with Gasteiger partial charge in [-0.2, -0.15) is 5.26 Å². The highest BCUT2D eigenvalue weighted by atomic mass is 16.5. The third-order valence-electron chi connectivity index (χ3n) is 5.02. The van der Waals surface area contributed by atoms with Crippen LogP contribution in [0.1, 0.15) is 22.7 Å². The van der Waals surface area contributed by atoms with E-state index < -0.39 is 5.92 Å². The normalized spacial score (nSPS) is 15.3. The Kier molecular flexibility index (Phi) is 4.57. The zero-order valence-corrected chi connectivity index (χ0v) is 16.0. The fourth-order valence-electron chi connectivity index (χ4n) is 3.46. The molecule has 4 rings (SSSR count). The second kappa shape index (κ2) is 7.21. The summed E-state index contributed by atoms with van der Waals surface area (Å²) in [5, 5.41) is 9.73. The molecule has 1 aliphatic rings. The lowest BCUT2D eigenvalue weighted by molar-refractivity contribution is 0.389. The van der Waals surface area contributed by atoms with Gasteiger partial charge in [-0.25, -0.2) is 0 Å². The van der Waals surface area contributed by atoms with E-state index in [1.165, 1.54) is 4.57 Å². The Labute approximate surface area is 168 Å². The maximum Gasteiger partial charge on any atom is 0.258 e. The molecule has 2 N–H and O–H groups in total. The first-order valence-corrected chi connectivity index (χ1v) is 9.10. The molecule has 0 aliphatic carbocycles. The van der Waals surface area contributed by atoms with Gasteiger partial charge in [0.1, 0.15) is 28.9 Å². The van der Waals surface area contributed by atoms with Crippen LogP contribution in [0.5, 0.6) is 17.2 Å². The number of pyridine rings is 1. The molecule has 1 aliphatic heterocycles. The average Bonchev–Trinajstić information content (AvgIpc) is 2.72. The summed E-state index contributed by atoms with van der Waals surface area (Å²) in [5.74, 6) is 1.04. The van der Waals surface area contributed by atoms with E-state index >= 15 is 0 Å². The Morgan fingerprint density at radius 3 is 2.55 bits per heavy atom. The molecular formula is C23H19N3O3. The van der Waals surface area contributed by atoms with Gasteiger partial charge in [0.15, 0.2) is 0 Å². The minimum absolute atomic E-state index is 0.00651. The van der Waals surface area contributed by atoms with Crippen molar-refractivity contribution >= 4 is 0 Å². The molecule has 0 saturated heterocycles. The van der Waals surface area contributed by atoms with Crippen LogP contribution in [0.25, 0.3) is 0 Å². The van der Waals surface area contributed by atoms with Crippen molar-refractivity contribution < 1.29 is 9.47 Å². The molecule has 2 aromatic carbocycles. The van der Waals surface area contributed by atoms with E-state index in [0.29, 0.717) is 22.8 Å². The van der Waals surface area contributed by atoms with Crippen molar-refractivity contribution in [3.63, 3.8) is 0 Å². The van der Waals surface area contributed by atoms with Crippen LogP contribution in [0.3, 0.4) is 0 Å². The van der Waals surface area contributed by atoms with Crippen molar-refractivity contribution in [3.8, 4) is 23.3 Å². The standard InChI is InChI=1S/C23H19N3O3/c1-14-11-19-21(23(27)26(14)2)20(18(13-24)22(25)29-19)15-7-6-10-17(12-15)28-16-8-4-3-5-9-16/h3-12,20H,25H2,1-2H3. The summed E-state index contributed by atoms with van der Waals surface area (Å²) < 4.78 is 13.1. The second-order valence-corrected chi connectivity index (χ2v) is 6.84. The summed E-state index contributed by atoms with van der Waals surface area (Å²) in [7, 11) is 1.69. The van der Waals surface area contributed by atoms with Crippen molar-refractivity contribution in [1.82, 2.24) is 4.57 Å². The van der Waals surface area contributed by atoms with E-state index in [4.69, 9.17) is 15.2 Å². The molecule has 0 spiro atoms. The van der Waals surface area contributed by atoms with Crippen molar-refractivity contribution in [2.24, 2.45) is 12.8 Å². The maximum atomic E-state index is 13.0. The van der Waals surface area contributed by atoms with Gasteiger partial charge in [-0.05, 0) is 36.8 Å². The van der Waals surface area contributed by atoms with Crippen LogP contribution in [0.4, 0.5) is 0 Å². The van der Waals surface area contributed by atoms with Crippen LogP contribution < -0.4 is 20.8 Å². The Balaban J connectivity index is 1.86. The largest absolute Gasteiger partial charge is 0.457 e. The number of nitriles is 1. The molecule has 0 bridgehead atoms. The molecule has 0 radical (unpaired) electrons. The second-order valence-electron chi connectivity index (χ2n) is 6.84. The molecule has 1 aromatic heterocycles. The van der Waals surface area contributed by atoms with Gasteiger partial charge in [0.05, 0.1) is 11.5 Å². The molecule has 3 aromatic rings. The highest BCUT2D eigenvalue weighted by Crippen LogP contribution is 2.41. The smallest absolute Gasteiger partial charge is 0.258 e. The van der Waals surface area contributed by atoms with E-state index in [9.17, 15) is 10.1 Å². The van der Waals surface area contributed by atoms with E-state index in [2.05, 4.69) is 6.07 Å². The number of aromatic nitrogens is 1. The number of hydrogen-bond acceptors (Lipinski definition) is 5. The van der Waals surface area contributed by atoms with Crippen molar-refractivity contribution in [1.29, 1.82) is 5.26 Å². The van der Waals surface area contributed by atoms with Gasteiger partial charge in [0, 0.05) is 18.8 Å². The summed E-state index contributed by atoms with van der Waals surface area (Å²) in [6.45, 7) is 1.81. The molecule has 29 heavy (non-hydrogen) atoms. The molecular weight excluding hydrogens is 366 g/mol. The fourth-order valence-corrected chi connectivity index (χ4v) is 3.46. The van der Waals surface area contributed by atoms with E-state index in [0.717, 1.165) is 11.3 Å². The molecule has 1 unspecified atom stereocenters. The molecule has 1 atom stereocenters. The summed E-state index contributed by atoms with van der Waals surface area (Å²) >= 11 is 0. The zero-order chi connectivity index (χ0) is 20.5. The molecule has 6 heteroatoms. The number of nitrogens with zero attached hydrogens (tertiary/aromatic N) is 2. The van der Waals surface area contributed by atoms with Crippen LogP contribution in [0, 0.1) is 18.3 Å². The van der Waals surface area contributed by atoms with Crippen LogP contribution >= 0.6 is 0 Å². The fraction of sp³-hybridized carbons (Fsp3) is 0.130. The number of benzene rings is 2. The summed E-state index contributed by atoms with van der Waals surface area (Å²) in [5.41, 5.74) is 7.86. The third kappa shape index (κ3) is 3.23. The first kappa shape index (κ1) is 18.4. The Morgan fingerprint density at radius 1 is 1.10 bits per heavy atom. The summed E-state index contributed by atoms with van der Waals surface area (Å²) in [6.07, 6.45) is 0. The number of ether oxygens (including phenoxy) is 2. The molecule has 144 valence electrons. The van der Waals surface area contributed by atoms with Gasteiger partial charge < -0.3 is 19.8 Å². The van der Waals surface area contributed by atoms with Gasteiger partial charge in [0.25, 0.3) is 5.56 Å². The lowest BCUT2D eigenvalue weighted by atomic mass is 9.84. The lowest BCUT2D eigenvalue weighted by Crippen LogP contribution is -2.31. The van der Waals surface area contributed by atoms with Gasteiger partial charge >= 0.3 is 0 Å². The van der Waals surface area contributed by atoms with Gasteiger partial charge in [-0.3, -0.25) is 4.79 Å². The Morgan fingerprint density at radius 2 is 1.83 bits per heavy atom. The quantitative estimate of drug-likeness (QED) is 0.742. The number of rotatable bonds is 3. The first-order chi connectivity index (χ1) is 14.0. The summed E-state index contributed by atoms with van der Waals surface area (Å²) in [4.78, 5) is 13.0. The monoisotopic (exact) mass is 385 g/mol. The average molecular weight is 385 g/mol. The zero-order valence-electron chi connectivity index (χ0n) is 16.0. The lowest BCUT2D eigenvalue weighted by Gasteiger charge is -2.27. The number of para-hydroxylation sites is 1. The van der Waals surface area contributed by atoms with Crippen LogP contribution in [-0.2, 0) is 7.05 Å². The highest BCUT2D eigenvalue weighted by molar-refractivity contribution is 5.56. The Bertz CT molecular complexity index is 1220. The van der Waals surface area contributed by atoms with E-state index in [1.54, 1.807) is 13.1 Å². The number of nitrogens with two attached hydrogens (primary N) is 1. The molecule has 0 fully saturated rings. The van der Waals surface area contributed by atoms with Crippen molar-refractivity contribution in [3.05, 3.63) is 99.3 Å². The van der Waals surface area contributed by atoms with Crippen LogP contribution in [-0.4, -0.2) is 4.57 Å². The van der Waals surface area contributed by atoms with Crippen LogP contribution in [0.2, 0.25) is 0 Å². The first-order valence-electron chi connectivity index (χ1n) is 9.10. The van der Waals surface area contributed by atoms with E-state index in [1.807, 2.05) is 61.5 Å². The minimum Gasteiger partial charge on any atom is -0.457 e. The van der Waals surface area contributed by atoms with E-state index in [-0.39, 0.29) is 17.0 Å². The Hall–Kier alpha value is -3.98. The summed E-state index contributed by atoms with van der Waals surface area (Å²) in [6, 6.07) is 20.6. The maximum absolute atomic E-state index is 13.0. The molecule has 6 nitrogen and oxygen atoms in total. The van der Waals surface area contributed by atoms with Crippen LogP contribution in [0.15, 0.2) is 76.9 Å². The SMILES string of the molecule is Cc1cc2c(c(=O)n1C)C(c1cccc(Oc3ccccc3)c1)C(C#N)=C(N)O2. The minimum atomic E-state index is -0.637. The topological polar surface area (TPSA) is 90.3 Å². The number of fused-ring (bicyclic) bond motifs is 1. The van der Waals surface area contributed by atoms with Gasteiger partial charge in [-0.15, -0.1) is 0 Å². The highest BCUT2D eigenvalue weighted by Gasteiger charge is 2.34. The molecule has 2 heterocycles. The molecule has 0 amide bonds. The van der Waals surface area contributed by atoms with Gasteiger partial charge in [-0.1, -0.05) is 30.3 Å². The van der Waals surface area contributed by atoms with Crippen molar-refractivity contribution in [2.45, 2.75) is 12.8 Å². The van der Waals surface area contributed by atoms with Gasteiger partial charge in [0.2, 0.25) is 5.88 Å². The number of hydrogen-bond donors (Lipinski definition) is 1. The van der Waals surface area contributed by atoms with Crippen molar-refractivity contribution in [2.75, 3.05) is 0 Å². The number of aryl methyl sites for hydroxylation is 1. The third-order valence-corrected chi connectivity index (χ3v) is 5.02. The predicted octanol–water partition coefficient (Wildman–Crippen LogP) is 3.70. The predicted molar refractivity (Wildman–Crippen MR) is 109 cm³/mol. The molecule has 0 saturated carbocycles. The number of allylic oxidation sites excluding steroid dienone is 1.